The number of likely N-dealkylation sites (tertiary alicyclic amines) is 1. The van der Waals surface area contributed by atoms with Crippen LogP contribution in [0.25, 0.3) is 0 Å². The van der Waals surface area contributed by atoms with Gasteiger partial charge in [0.15, 0.2) is 0 Å². The zero-order valence-corrected chi connectivity index (χ0v) is 21.5. The summed E-state index contributed by atoms with van der Waals surface area (Å²) in [5.41, 5.74) is 5.50. The smallest absolute Gasteiger partial charge is 0.410 e. The van der Waals surface area contributed by atoms with Gasteiger partial charge in [0.05, 0.1) is 18.9 Å². The van der Waals surface area contributed by atoms with E-state index < -0.39 is 16.4 Å². The Morgan fingerprint density at radius 2 is 1.94 bits per heavy atom. The normalized spacial score (nSPS) is 25.9. The Kier molecular flexibility index (Phi) is 5.87. The highest BCUT2D eigenvalue weighted by Crippen LogP contribution is 2.52. The largest absolute Gasteiger partial charge is 0.497 e. The highest BCUT2D eigenvalue weighted by Gasteiger charge is 2.48. The number of amides is 1. The van der Waals surface area contributed by atoms with E-state index in [1.165, 1.54) is 16.8 Å². The number of ether oxygens (including phenoxy) is 2. The van der Waals surface area contributed by atoms with E-state index in [-0.39, 0.29) is 24.1 Å². The first kappa shape index (κ1) is 23.2. The number of methoxy groups -OCH3 is 1. The average molecular weight is 483 g/mol. The van der Waals surface area contributed by atoms with Crippen molar-refractivity contribution in [3.05, 3.63) is 58.7 Å². The highest BCUT2D eigenvalue weighted by molar-refractivity contribution is 7.84. The molecule has 4 atom stereocenters. The number of anilines is 1. The molecule has 1 amide bonds. The zero-order chi connectivity index (χ0) is 24.2. The molecule has 0 aromatic heterocycles. The molecule has 0 N–H and O–H groups in total. The standard InChI is InChI=1S/C27H34N2O4S/c1-17-13-19(32-5)9-10-20(17)24-16-34(31)15-18-7-6-8-21-22-14-28(26(30)33-27(2,3)4)12-11-23(22)29(24)25(18)21/h6-10,13,22-24H,11-12,14-16H2,1-5H3/t22-,23-,24?,34?/m0/s1. The second-order valence-electron chi connectivity index (χ2n) is 10.6. The number of para-hydroxylation sites is 1. The number of rotatable bonds is 2. The molecule has 1 fully saturated rings. The zero-order valence-electron chi connectivity index (χ0n) is 20.7. The second-order valence-corrected chi connectivity index (χ2v) is 12.1. The van der Waals surface area contributed by atoms with Gasteiger partial charge in [-0.25, -0.2) is 4.79 Å². The van der Waals surface area contributed by atoms with E-state index in [1.54, 1.807) is 7.11 Å². The van der Waals surface area contributed by atoms with Gasteiger partial charge in [0.2, 0.25) is 0 Å². The molecule has 34 heavy (non-hydrogen) atoms. The maximum absolute atomic E-state index is 13.2. The number of hydrogen-bond donors (Lipinski definition) is 0. The molecule has 2 aromatic rings. The number of carbonyl (C=O) groups excluding carboxylic acids is 1. The van der Waals surface area contributed by atoms with Crippen LogP contribution in [-0.2, 0) is 21.3 Å². The van der Waals surface area contributed by atoms with Crippen molar-refractivity contribution in [1.82, 2.24) is 4.90 Å². The Morgan fingerprint density at radius 3 is 2.65 bits per heavy atom. The molecule has 182 valence electrons. The summed E-state index contributed by atoms with van der Waals surface area (Å²) < 4.78 is 24.3. The molecule has 0 spiro atoms. The number of carbonyl (C=O) groups is 1. The highest BCUT2D eigenvalue weighted by atomic mass is 32.2. The lowest BCUT2D eigenvalue weighted by molar-refractivity contribution is 0.0188. The van der Waals surface area contributed by atoms with Crippen molar-refractivity contribution in [3.8, 4) is 5.75 Å². The van der Waals surface area contributed by atoms with Gasteiger partial charge in [-0.1, -0.05) is 24.3 Å². The van der Waals surface area contributed by atoms with E-state index >= 15 is 0 Å². The molecule has 3 aliphatic rings. The van der Waals surface area contributed by atoms with Crippen molar-refractivity contribution in [1.29, 1.82) is 0 Å². The molecule has 5 rings (SSSR count). The third-order valence-electron chi connectivity index (χ3n) is 7.23. The van der Waals surface area contributed by atoms with Crippen LogP contribution in [0.5, 0.6) is 5.75 Å². The number of hydrogen-bond acceptors (Lipinski definition) is 5. The Balaban J connectivity index is 1.54. The molecule has 6 nitrogen and oxygen atoms in total. The predicted octanol–water partition coefficient (Wildman–Crippen LogP) is 4.92. The van der Waals surface area contributed by atoms with Crippen molar-refractivity contribution in [3.63, 3.8) is 0 Å². The molecule has 0 bridgehead atoms. The predicted molar refractivity (Wildman–Crippen MR) is 135 cm³/mol. The lowest BCUT2D eigenvalue weighted by Gasteiger charge is -2.42. The molecular formula is C27H34N2O4S. The van der Waals surface area contributed by atoms with Crippen molar-refractivity contribution >= 4 is 22.6 Å². The first-order chi connectivity index (χ1) is 16.2. The van der Waals surface area contributed by atoms with Crippen LogP contribution < -0.4 is 9.64 Å². The minimum atomic E-state index is -0.955. The number of piperidine rings is 1. The van der Waals surface area contributed by atoms with E-state index in [0.29, 0.717) is 24.6 Å². The number of fused-ring (bicyclic) bond motifs is 3. The fourth-order valence-electron chi connectivity index (χ4n) is 5.84. The van der Waals surface area contributed by atoms with E-state index in [4.69, 9.17) is 9.47 Å². The van der Waals surface area contributed by atoms with Crippen molar-refractivity contribution in [2.45, 2.75) is 63.5 Å². The fourth-order valence-corrected chi connectivity index (χ4v) is 7.23. The summed E-state index contributed by atoms with van der Waals surface area (Å²) >= 11 is 0. The molecule has 0 aliphatic carbocycles. The summed E-state index contributed by atoms with van der Waals surface area (Å²) in [6.45, 7) is 9.13. The summed E-state index contributed by atoms with van der Waals surface area (Å²) in [6, 6.07) is 12.9. The van der Waals surface area contributed by atoms with Gasteiger partial charge in [-0.3, -0.25) is 4.21 Å². The van der Waals surface area contributed by atoms with E-state index in [2.05, 4.69) is 42.2 Å². The third-order valence-corrected chi connectivity index (χ3v) is 8.55. The molecular weight excluding hydrogens is 448 g/mol. The Morgan fingerprint density at radius 1 is 1.15 bits per heavy atom. The van der Waals surface area contributed by atoms with Gasteiger partial charge in [0.25, 0.3) is 0 Å². The lowest BCUT2D eigenvalue weighted by Crippen LogP contribution is -2.50. The monoisotopic (exact) mass is 482 g/mol. The summed E-state index contributed by atoms with van der Waals surface area (Å²) in [5, 5.41) is 0. The number of benzene rings is 2. The molecule has 3 heterocycles. The van der Waals surface area contributed by atoms with Crippen molar-refractivity contribution < 1.29 is 18.5 Å². The van der Waals surface area contributed by atoms with Crippen LogP contribution in [0.3, 0.4) is 0 Å². The van der Waals surface area contributed by atoms with Crippen LogP contribution in [0.1, 0.15) is 61.4 Å². The maximum atomic E-state index is 13.2. The van der Waals surface area contributed by atoms with Crippen LogP contribution in [0.2, 0.25) is 0 Å². The number of aryl methyl sites for hydroxylation is 1. The van der Waals surface area contributed by atoms with Crippen LogP contribution in [0.4, 0.5) is 10.5 Å². The van der Waals surface area contributed by atoms with Crippen LogP contribution in [0.15, 0.2) is 36.4 Å². The molecule has 3 aliphatic heterocycles. The fraction of sp³-hybridized carbons (Fsp3) is 0.519. The third kappa shape index (κ3) is 4.08. The quantitative estimate of drug-likeness (QED) is 0.608. The van der Waals surface area contributed by atoms with Gasteiger partial charge in [0, 0.05) is 47.3 Å². The van der Waals surface area contributed by atoms with Crippen LogP contribution >= 0.6 is 0 Å². The van der Waals surface area contributed by atoms with E-state index in [1.807, 2.05) is 31.7 Å². The van der Waals surface area contributed by atoms with Gasteiger partial charge in [-0.05, 0) is 68.5 Å². The maximum Gasteiger partial charge on any atom is 0.410 e. The van der Waals surface area contributed by atoms with Gasteiger partial charge in [-0.2, -0.15) is 0 Å². The molecule has 0 radical (unpaired) electrons. The molecule has 1 saturated heterocycles. The minimum absolute atomic E-state index is 0.0252. The Labute approximate surface area is 204 Å². The van der Waals surface area contributed by atoms with E-state index in [9.17, 15) is 9.00 Å². The SMILES string of the molecule is COc1ccc(C2CS(=O)Cc3cccc4c3N2[C@H]2CCN(C(=O)OC(C)(C)C)C[C@@H]42)c(C)c1. The summed E-state index contributed by atoms with van der Waals surface area (Å²) in [4.78, 5) is 17.3. The Hall–Kier alpha value is -2.54. The van der Waals surface area contributed by atoms with Crippen LogP contribution in [0, 0.1) is 6.92 Å². The van der Waals surface area contributed by atoms with Crippen molar-refractivity contribution in [2.75, 3.05) is 30.9 Å². The number of nitrogens with zero attached hydrogens (tertiary/aromatic N) is 2. The van der Waals surface area contributed by atoms with Gasteiger partial charge < -0.3 is 19.3 Å². The topological polar surface area (TPSA) is 59.1 Å². The van der Waals surface area contributed by atoms with E-state index in [0.717, 1.165) is 23.3 Å². The average Bonchev–Trinajstić information content (AvgIpc) is 3.02. The summed E-state index contributed by atoms with van der Waals surface area (Å²) in [6.07, 6.45) is 0.619. The molecule has 0 saturated carbocycles. The molecule has 2 unspecified atom stereocenters. The van der Waals surface area contributed by atoms with Crippen LogP contribution in [-0.4, -0.2) is 52.8 Å². The van der Waals surface area contributed by atoms with Crippen molar-refractivity contribution in [2.24, 2.45) is 0 Å². The van der Waals surface area contributed by atoms with Gasteiger partial charge in [-0.15, -0.1) is 0 Å². The summed E-state index contributed by atoms with van der Waals surface area (Å²) in [5.74, 6) is 2.21. The molecule has 2 aromatic carbocycles. The van der Waals surface area contributed by atoms with Gasteiger partial charge >= 0.3 is 6.09 Å². The van der Waals surface area contributed by atoms with Gasteiger partial charge in [0.1, 0.15) is 11.4 Å². The lowest BCUT2D eigenvalue weighted by atomic mass is 9.88. The first-order valence-corrected chi connectivity index (χ1v) is 13.5. The Bertz CT molecular complexity index is 1140. The second kappa shape index (κ2) is 8.59. The first-order valence-electron chi connectivity index (χ1n) is 12.0. The molecule has 7 heteroatoms. The summed E-state index contributed by atoms with van der Waals surface area (Å²) in [7, 11) is 0.726. The minimum Gasteiger partial charge on any atom is -0.497 e.